The molecule has 0 aliphatic carbocycles. The highest BCUT2D eigenvalue weighted by Gasteiger charge is 2.07. The van der Waals surface area contributed by atoms with E-state index in [2.05, 4.69) is 34.6 Å². The zero-order valence-electron chi connectivity index (χ0n) is 12.2. The highest BCUT2D eigenvalue weighted by Crippen LogP contribution is 2.07. The molecule has 1 rings (SSSR count). The van der Waals surface area contributed by atoms with Crippen LogP contribution in [0.2, 0.25) is 0 Å². The molecule has 0 aliphatic rings. The average molecular weight is 264 g/mol. The van der Waals surface area contributed by atoms with Gasteiger partial charge >= 0.3 is 0 Å². The van der Waals surface area contributed by atoms with Gasteiger partial charge in [0.25, 0.3) is 5.91 Å². The minimum Gasteiger partial charge on any atom is -0.370 e. The zero-order valence-corrected chi connectivity index (χ0v) is 12.2. The summed E-state index contributed by atoms with van der Waals surface area (Å²) in [6, 6.07) is 3.65. The van der Waals surface area contributed by atoms with Gasteiger partial charge in [-0.3, -0.25) is 4.79 Å². The van der Waals surface area contributed by atoms with Crippen LogP contribution in [0.3, 0.4) is 0 Å². The van der Waals surface area contributed by atoms with Gasteiger partial charge in [0, 0.05) is 24.3 Å². The van der Waals surface area contributed by atoms with Crippen molar-refractivity contribution in [2.24, 2.45) is 0 Å². The molecule has 5 nitrogen and oxygen atoms in total. The van der Waals surface area contributed by atoms with Crippen molar-refractivity contribution in [3.63, 3.8) is 0 Å². The van der Waals surface area contributed by atoms with E-state index in [0.717, 1.165) is 25.3 Å². The van der Waals surface area contributed by atoms with E-state index in [1.807, 2.05) is 13.8 Å². The summed E-state index contributed by atoms with van der Waals surface area (Å²) in [5.41, 5.74) is 0.638. The predicted octanol–water partition coefficient (Wildman–Crippen LogP) is 1.58. The number of amides is 1. The van der Waals surface area contributed by atoms with Crippen LogP contribution >= 0.6 is 0 Å². The van der Waals surface area contributed by atoms with E-state index >= 15 is 0 Å². The number of nitrogens with zero attached hydrogens (tertiary/aromatic N) is 2. The minimum atomic E-state index is -0.0614. The fourth-order valence-electron chi connectivity index (χ4n) is 1.63. The first kappa shape index (κ1) is 15.4. The Hall–Kier alpha value is -1.62. The summed E-state index contributed by atoms with van der Waals surface area (Å²) in [4.78, 5) is 18.2. The molecule has 0 fully saturated rings. The highest BCUT2D eigenvalue weighted by molar-refractivity contribution is 5.94. The maximum absolute atomic E-state index is 11.9. The quantitative estimate of drug-likeness (QED) is 0.734. The van der Waals surface area contributed by atoms with E-state index < -0.39 is 0 Å². The van der Waals surface area contributed by atoms with Crippen molar-refractivity contribution < 1.29 is 4.79 Å². The van der Waals surface area contributed by atoms with Crippen molar-refractivity contribution >= 4 is 11.7 Å². The molecule has 106 valence electrons. The van der Waals surface area contributed by atoms with E-state index in [1.54, 1.807) is 18.3 Å². The molecule has 0 atom stereocenters. The number of aromatic nitrogens is 1. The molecular weight excluding hydrogens is 240 g/mol. The van der Waals surface area contributed by atoms with Crippen LogP contribution in [-0.4, -0.2) is 49.0 Å². The van der Waals surface area contributed by atoms with Crippen molar-refractivity contribution in [2.75, 3.05) is 32.5 Å². The SMILES string of the molecule is CC(C)NC(=O)c1ccnc(NCCCN(C)C)c1. The molecule has 0 saturated carbocycles. The maximum Gasteiger partial charge on any atom is 0.251 e. The van der Waals surface area contributed by atoms with Gasteiger partial charge < -0.3 is 15.5 Å². The van der Waals surface area contributed by atoms with Gasteiger partial charge in [0.15, 0.2) is 0 Å². The van der Waals surface area contributed by atoms with Crippen LogP contribution < -0.4 is 10.6 Å². The van der Waals surface area contributed by atoms with E-state index in [4.69, 9.17) is 0 Å². The summed E-state index contributed by atoms with van der Waals surface area (Å²) in [6.07, 6.45) is 2.70. The summed E-state index contributed by atoms with van der Waals surface area (Å²) in [6.45, 7) is 5.76. The topological polar surface area (TPSA) is 57.3 Å². The smallest absolute Gasteiger partial charge is 0.251 e. The predicted molar refractivity (Wildman–Crippen MR) is 78.5 cm³/mol. The molecule has 0 aliphatic heterocycles. The average Bonchev–Trinajstić information content (AvgIpc) is 2.34. The largest absolute Gasteiger partial charge is 0.370 e. The van der Waals surface area contributed by atoms with Crippen LogP contribution in [-0.2, 0) is 0 Å². The van der Waals surface area contributed by atoms with Crippen LogP contribution in [0, 0.1) is 0 Å². The van der Waals surface area contributed by atoms with E-state index in [0.29, 0.717) is 5.56 Å². The Labute approximate surface area is 115 Å². The Morgan fingerprint density at radius 3 is 2.79 bits per heavy atom. The van der Waals surface area contributed by atoms with Gasteiger partial charge in [-0.2, -0.15) is 0 Å². The second kappa shape index (κ2) is 7.74. The number of nitrogens with one attached hydrogen (secondary N) is 2. The third-order valence-corrected chi connectivity index (χ3v) is 2.53. The van der Waals surface area contributed by atoms with Crippen molar-refractivity contribution in [3.05, 3.63) is 23.9 Å². The lowest BCUT2D eigenvalue weighted by Gasteiger charge is -2.11. The maximum atomic E-state index is 11.9. The van der Waals surface area contributed by atoms with E-state index in [9.17, 15) is 4.79 Å². The molecule has 19 heavy (non-hydrogen) atoms. The number of rotatable bonds is 7. The number of carbonyl (C=O) groups excluding carboxylic acids is 1. The molecule has 0 bridgehead atoms. The van der Waals surface area contributed by atoms with Crippen molar-refractivity contribution in [1.29, 1.82) is 0 Å². The molecule has 1 aromatic heterocycles. The number of hydrogen-bond acceptors (Lipinski definition) is 4. The Bertz CT molecular complexity index is 404. The lowest BCUT2D eigenvalue weighted by Crippen LogP contribution is -2.30. The number of carbonyl (C=O) groups is 1. The van der Waals surface area contributed by atoms with Crippen LogP contribution in [0.4, 0.5) is 5.82 Å². The molecule has 1 amide bonds. The van der Waals surface area contributed by atoms with Crippen LogP contribution in [0.5, 0.6) is 0 Å². The molecule has 1 aromatic rings. The van der Waals surface area contributed by atoms with E-state index in [1.165, 1.54) is 0 Å². The lowest BCUT2D eigenvalue weighted by molar-refractivity contribution is 0.0943. The first-order chi connectivity index (χ1) is 8.99. The Morgan fingerprint density at radius 2 is 2.16 bits per heavy atom. The molecule has 5 heteroatoms. The van der Waals surface area contributed by atoms with Gasteiger partial charge in [-0.25, -0.2) is 4.98 Å². The zero-order chi connectivity index (χ0) is 14.3. The van der Waals surface area contributed by atoms with Crippen molar-refractivity contribution in [3.8, 4) is 0 Å². The van der Waals surface area contributed by atoms with Crippen LogP contribution in [0.1, 0.15) is 30.6 Å². The van der Waals surface area contributed by atoms with Gasteiger partial charge in [-0.15, -0.1) is 0 Å². The van der Waals surface area contributed by atoms with E-state index in [-0.39, 0.29) is 11.9 Å². The molecule has 0 saturated heterocycles. The van der Waals surface area contributed by atoms with Crippen LogP contribution in [0.15, 0.2) is 18.3 Å². The fraction of sp³-hybridized carbons (Fsp3) is 0.571. The molecule has 1 heterocycles. The van der Waals surface area contributed by atoms with Gasteiger partial charge in [0.05, 0.1) is 0 Å². The van der Waals surface area contributed by atoms with Gasteiger partial charge in [-0.1, -0.05) is 0 Å². The summed E-state index contributed by atoms with van der Waals surface area (Å²) in [7, 11) is 4.10. The molecule has 0 unspecified atom stereocenters. The first-order valence-corrected chi connectivity index (χ1v) is 6.64. The van der Waals surface area contributed by atoms with Crippen molar-refractivity contribution in [2.45, 2.75) is 26.3 Å². The Kier molecular flexibility index (Phi) is 6.29. The summed E-state index contributed by atoms with van der Waals surface area (Å²) in [5, 5.41) is 6.10. The second-order valence-electron chi connectivity index (χ2n) is 5.14. The van der Waals surface area contributed by atoms with Crippen molar-refractivity contribution in [1.82, 2.24) is 15.2 Å². The van der Waals surface area contributed by atoms with Gasteiger partial charge in [0.2, 0.25) is 0 Å². The Morgan fingerprint density at radius 1 is 1.42 bits per heavy atom. The molecule has 0 radical (unpaired) electrons. The van der Waals surface area contributed by atoms with Crippen LogP contribution in [0.25, 0.3) is 0 Å². The molecular formula is C14H24N4O. The molecule has 0 aromatic carbocycles. The number of pyridine rings is 1. The van der Waals surface area contributed by atoms with Gasteiger partial charge in [0.1, 0.15) is 5.82 Å². The summed E-state index contributed by atoms with van der Waals surface area (Å²) in [5.74, 6) is 0.684. The third kappa shape index (κ3) is 6.20. The fourth-order valence-corrected chi connectivity index (χ4v) is 1.63. The van der Waals surface area contributed by atoms with Gasteiger partial charge in [-0.05, 0) is 53.0 Å². The monoisotopic (exact) mass is 264 g/mol. The first-order valence-electron chi connectivity index (χ1n) is 6.64. The Balaban J connectivity index is 2.50. The second-order valence-corrected chi connectivity index (χ2v) is 5.14. The third-order valence-electron chi connectivity index (χ3n) is 2.53. The summed E-state index contributed by atoms with van der Waals surface area (Å²) < 4.78 is 0. The standard InChI is InChI=1S/C14H24N4O/c1-11(2)17-14(19)12-6-8-16-13(10-12)15-7-5-9-18(3)4/h6,8,10-11H,5,7,9H2,1-4H3,(H,15,16)(H,17,19). The molecule has 2 N–H and O–H groups in total. The number of anilines is 1. The lowest BCUT2D eigenvalue weighted by atomic mass is 10.2. The highest BCUT2D eigenvalue weighted by atomic mass is 16.1. The minimum absolute atomic E-state index is 0.0614. The molecule has 0 spiro atoms. The number of hydrogen-bond donors (Lipinski definition) is 2. The summed E-state index contributed by atoms with van der Waals surface area (Å²) >= 11 is 0. The normalized spacial score (nSPS) is 10.8.